The van der Waals surface area contributed by atoms with Gasteiger partial charge in [0.05, 0.1) is 13.1 Å². The minimum absolute atomic E-state index is 0.0722. The number of pyridine rings is 2. The van der Waals surface area contributed by atoms with Gasteiger partial charge in [0.1, 0.15) is 0 Å². The van der Waals surface area contributed by atoms with Gasteiger partial charge in [0.25, 0.3) is 11.1 Å². The molecule has 0 N–H and O–H groups in total. The molecule has 0 spiro atoms. The lowest BCUT2D eigenvalue weighted by atomic mass is 10.3. The van der Waals surface area contributed by atoms with Gasteiger partial charge in [-0.3, -0.25) is 14.4 Å². The summed E-state index contributed by atoms with van der Waals surface area (Å²) in [5.74, 6) is -0.231. The van der Waals surface area contributed by atoms with Crippen molar-refractivity contribution in [2.24, 2.45) is 0 Å². The third-order valence-electron chi connectivity index (χ3n) is 2.59. The number of hydrogen-bond donors (Lipinski definition) is 0. The molecule has 2 rings (SSSR count). The van der Waals surface area contributed by atoms with Crippen molar-refractivity contribution < 1.29 is 4.79 Å². The van der Waals surface area contributed by atoms with Gasteiger partial charge < -0.3 is 9.13 Å². The second kappa shape index (κ2) is 6.32. The maximum atomic E-state index is 12.0. The number of ketones is 1. The minimum atomic E-state index is -0.261. The maximum Gasteiger partial charge on any atom is 0.250 e. The molecule has 0 aliphatic heterocycles. The molecule has 2 aromatic heterocycles. The Morgan fingerprint density at radius 1 is 0.850 bits per heavy atom. The van der Waals surface area contributed by atoms with Crippen LogP contribution in [0.15, 0.2) is 55.2 Å². The van der Waals surface area contributed by atoms with E-state index in [1.165, 1.54) is 21.3 Å². The molecule has 0 fully saturated rings. The van der Waals surface area contributed by atoms with Crippen LogP contribution in [-0.4, -0.2) is 14.9 Å². The number of carbonyl (C=O) groups is 1. The predicted octanol–water partition coefficient (Wildman–Crippen LogP) is 1.80. The Morgan fingerprint density at radius 3 is 1.65 bits per heavy atom. The van der Waals surface area contributed by atoms with E-state index in [2.05, 4.69) is 31.9 Å². The van der Waals surface area contributed by atoms with E-state index < -0.39 is 0 Å². The van der Waals surface area contributed by atoms with Crippen molar-refractivity contribution in [2.45, 2.75) is 13.1 Å². The van der Waals surface area contributed by atoms with Crippen LogP contribution in [0.2, 0.25) is 0 Å². The third-order valence-corrected chi connectivity index (χ3v) is 3.53. The molecule has 0 aromatic carbocycles. The van der Waals surface area contributed by atoms with Crippen molar-refractivity contribution in [2.75, 3.05) is 0 Å². The molecule has 104 valence electrons. The Balaban J connectivity index is 2.17. The van der Waals surface area contributed by atoms with Crippen LogP contribution in [0.4, 0.5) is 0 Å². The number of hydrogen-bond acceptors (Lipinski definition) is 3. The van der Waals surface area contributed by atoms with E-state index in [4.69, 9.17) is 0 Å². The zero-order chi connectivity index (χ0) is 14.7. The van der Waals surface area contributed by atoms with Gasteiger partial charge in [-0.05, 0) is 44.0 Å². The van der Waals surface area contributed by atoms with Gasteiger partial charge in [0, 0.05) is 33.5 Å². The second-order valence-corrected chi connectivity index (χ2v) is 6.00. The van der Waals surface area contributed by atoms with Crippen LogP contribution in [0.1, 0.15) is 0 Å². The highest BCUT2D eigenvalue weighted by Gasteiger charge is 2.07. The van der Waals surface area contributed by atoms with Crippen LogP contribution in [0.3, 0.4) is 0 Å². The van der Waals surface area contributed by atoms with Gasteiger partial charge in [0.15, 0.2) is 5.78 Å². The second-order valence-electron chi connectivity index (χ2n) is 4.17. The first-order valence-corrected chi connectivity index (χ1v) is 7.28. The number of halogens is 2. The third kappa shape index (κ3) is 3.77. The molecule has 20 heavy (non-hydrogen) atoms. The first-order chi connectivity index (χ1) is 9.45. The van der Waals surface area contributed by atoms with E-state index in [1.807, 2.05) is 0 Å². The van der Waals surface area contributed by atoms with Crippen LogP contribution < -0.4 is 11.1 Å². The van der Waals surface area contributed by atoms with Crippen molar-refractivity contribution in [3.8, 4) is 0 Å². The molecule has 0 bridgehead atoms. The summed E-state index contributed by atoms with van der Waals surface area (Å²) in [5.41, 5.74) is -0.522. The summed E-state index contributed by atoms with van der Waals surface area (Å²) in [4.78, 5) is 35.1. The number of nitrogens with zero attached hydrogens (tertiary/aromatic N) is 2. The van der Waals surface area contributed by atoms with E-state index in [-0.39, 0.29) is 30.0 Å². The first kappa shape index (κ1) is 14.9. The highest BCUT2D eigenvalue weighted by molar-refractivity contribution is 9.10. The smallest absolute Gasteiger partial charge is 0.250 e. The van der Waals surface area contributed by atoms with Crippen LogP contribution in [0.5, 0.6) is 0 Å². The standard InChI is InChI=1S/C13H10Br2N2O3/c14-9-1-3-12(19)16(5-9)7-11(18)8-17-6-10(15)2-4-13(17)20/h1-6H,7-8H2. The molecular formula is C13H10Br2N2O3. The van der Waals surface area contributed by atoms with Gasteiger partial charge in [-0.15, -0.1) is 0 Å². The van der Waals surface area contributed by atoms with Crippen LogP contribution in [0.25, 0.3) is 0 Å². The molecule has 0 aliphatic rings. The molecule has 2 heterocycles. The van der Waals surface area contributed by atoms with Crippen LogP contribution in [-0.2, 0) is 17.9 Å². The van der Waals surface area contributed by atoms with Gasteiger partial charge >= 0.3 is 0 Å². The fraction of sp³-hybridized carbons (Fsp3) is 0.154. The Kier molecular flexibility index (Phi) is 4.72. The quantitative estimate of drug-likeness (QED) is 0.784. The molecule has 0 saturated heterocycles. The number of aromatic nitrogens is 2. The van der Waals surface area contributed by atoms with Crippen molar-refractivity contribution in [1.29, 1.82) is 0 Å². The number of rotatable bonds is 4. The van der Waals surface area contributed by atoms with E-state index in [9.17, 15) is 14.4 Å². The Labute approximate surface area is 131 Å². The Morgan fingerprint density at radius 2 is 1.25 bits per heavy atom. The Hall–Kier alpha value is -1.47. The first-order valence-electron chi connectivity index (χ1n) is 5.69. The average Bonchev–Trinajstić information content (AvgIpc) is 2.38. The van der Waals surface area contributed by atoms with E-state index in [0.29, 0.717) is 8.95 Å². The summed E-state index contributed by atoms with van der Waals surface area (Å²) in [6, 6.07) is 5.98. The molecule has 0 unspecified atom stereocenters. The van der Waals surface area contributed by atoms with E-state index in [1.54, 1.807) is 24.5 Å². The highest BCUT2D eigenvalue weighted by atomic mass is 79.9. The van der Waals surface area contributed by atoms with Crippen LogP contribution >= 0.6 is 31.9 Å². The SMILES string of the molecule is O=C(Cn1cc(Br)ccc1=O)Cn1cc(Br)ccc1=O. The predicted molar refractivity (Wildman–Crippen MR) is 81.8 cm³/mol. The monoisotopic (exact) mass is 400 g/mol. The summed E-state index contributed by atoms with van der Waals surface area (Å²) < 4.78 is 4.03. The fourth-order valence-electron chi connectivity index (χ4n) is 1.68. The van der Waals surface area contributed by atoms with Crippen molar-refractivity contribution in [3.05, 3.63) is 66.3 Å². The summed E-state index contributed by atoms with van der Waals surface area (Å²) in [7, 11) is 0. The zero-order valence-corrected chi connectivity index (χ0v) is 13.4. The maximum absolute atomic E-state index is 12.0. The fourth-order valence-corrected chi connectivity index (χ4v) is 2.44. The molecule has 5 nitrogen and oxygen atoms in total. The van der Waals surface area contributed by atoms with Gasteiger partial charge in [-0.1, -0.05) is 0 Å². The molecule has 0 saturated carbocycles. The molecule has 2 aromatic rings. The molecule has 0 aliphatic carbocycles. The van der Waals surface area contributed by atoms with Gasteiger partial charge in [0.2, 0.25) is 0 Å². The molecule has 0 radical (unpaired) electrons. The zero-order valence-electron chi connectivity index (χ0n) is 10.3. The molecular weight excluding hydrogens is 392 g/mol. The van der Waals surface area contributed by atoms with Gasteiger partial charge in [-0.2, -0.15) is 0 Å². The normalized spacial score (nSPS) is 10.5. The molecule has 7 heteroatoms. The largest absolute Gasteiger partial charge is 0.307 e. The van der Waals surface area contributed by atoms with Crippen LogP contribution in [0, 0.1) is 0 Å². The van der Waals surface area contributed by atoms with Crippen molar-refractivity contribution >= 4 is 37.6 Å². The lowest BCUT2D eigenvalue weighted by Gasteiger charge is -2.07. The molecule has 0 atom stereocenters. The summed E-state index contributed by atoms with van der Waals surface area (Å²) in [6.07, 6.45) is 3.09. The van der Waals surface area contributed by atoms with Gasteiger partial charge in [-0.25, -0.2) is 0 Å². The van der Waals surface area contributed by atoms with E-state index >= 15 is 0 Å². The topological polar surface area (TPSA) is 61.1 Å². The number of carbonyl (C=O) groups excluding carboxylic acids is 1. The molecule has 0 amide bonds. The van der Waals surface area contributed by atoms with Crippen molar-refractivity contribution in [1.82, 2.24) is 9.13 Å². The summed E-state index contributed by atoms with van der Waals surface area (Å²) in [6.45, 7) is -0.144. The Bertz CT molecular complexity index is 701. The lowest BCUT2D eigenvalue weighted by molar-refractivity contribution is -0.120. The van der Waals surface area contributed by atoms with Crippen molar-refractivity contribution in [3.63, 3.8) is 0 Å². The summed E-state index contributed by atoms with van der Waals surface area (Å²) >= 11 is 6.48. The lowest BCUT2D eigenvalue weighted by Crippen LogP contribution is -2.28. The minimum Gasteiger partial charge on any atom is -0.307 e. The average molecular weight is 402 g/mol. The number of Topliss-reactive ketones (excluding diaryl/α,β-unsaturated/α-hetero) is 1. The van der Waals surface area contributed by atoms with E-state index in [0.717, 1.165) is 0 Å². The highest BCUT2D eigenvalue weighted by Crippen LogP contribution is 2.06. The summed E-state index contributed by atoms with van der Waals surface area (Å²) in [5, 5.41) is 0.